The molecule has 6 nitrogen and oxygen atoms in total. The van der Waals surface area contributed by atoms with Gasteiger partial charge in [-0.05, 0) is 12.1 Å². The average molecular weight is 334 g/mol. The zero-order valence-electron chi connectivity index (χ0n) is 14.3. The zero-order chi connectivity index (χ0) is 17.7. The maximum atomic E-state index is 9.47. The smallest absolute Gasteiger partial charge is 0.169 e. The Morgan fingerprint density at radius 1 is 0.583 bits per heavy atom. The minimum atomic E-state index is -0.163. The lowest BCUT2D eigenvalue weighted by atomic mass is 9.98. The third-order valence-corrected chi connectivity index (χ3v) is 3.83. The maximum absolute atomic E-state index is 9.47. The Kier molecular flexibility index (Phi) is 5.89. The first kappa shape index (κ1) is 17.9. The van der Waals surface area contributed by atoms with E-state index in [2.05, 4.69) is 0 Å². The number of hydrogen-bond acceptors (Lipinski definition) is 6. The van der Waals surface area contributed by atoms with Crippen LogP contribution < -0.4 is 18.9 Å². The lowest BCUT2D eigenvalue weighted by Gasteiger charge is -2.19. The predicted molar refractivity (Wildman–Crippen MR) is 89.9 cm³/mol. The summed E-state index contributed by atoms with van der Waals surface area (Å²) in [6.45, 7) is -0.326. The van der Waals surface area contributed by atoms with Gasteiger partial charge in [0.05, 0.1) is 41.7 Å². The van der Waals surface area contributed by atoms with Crippen molar-refractivity contribution < 1.29 is 29.2 Å². The van der Waals surface area contributed by atoms with E-state index < -0.39 is 0 Å². The summed E-state index contributed by atoms with van der Waals surface area (Å²) in [4.78, 5) is 0. The fourth-order valence-electron chi connectivity index (χ4n) is 2.73. The molecule has 24 heavy (non-hydrogen) atoms. The van der Waals surface area contributed by atoms with Crippen LogP contribution in [0, 0.1) is 0 Å². The van der Waals surface area contributed by atoms with Gasteiger partial charge in [0, 0.05) is 22.3 Å². The van der Waals surface area contributed by atoms with Crippen molar-refractivity contribution in [3.8, 4) is 34.1 Å². The Labute approximate surface area is 141 Å². The Bertz CT molecular complexity index is 650. The third-order valence-electron chi connectivity index (χ3n) is 3.83. The highest BCUT2D eigenvalue weighted by Crippen LogP contribution is 2.47. The Morgan fingerprint density at radius 3 is 1.17 bits per heavy atom. The predicted octanol–water partition coefficient (Wildman–Crippen LogP) is 2.37. The van der Waals surface area contributed by atoms with E-state index in [1.807, 2.05) is 12.1 Å². The lowest BCUT2D eigenvalue weighted by Crippen LogP contribution is -2.01. The highest BCUT2D eigenvalue weighted by Gasteiger charge is 2.22. The topological polar surface area (TPSA) is 77.4 Å². The fraction of sp³-hybridized carbons (Fsp3) is 0.333. The van der Waals surface area contributed by atoms with Crippen molar-refractivity contribution in [3.63, 3.8) is 0 Å². The number of aliphatic hydroxyl groups is 2. The van der Waals surface area contributed by atoms with Gasteiger partial charge in [0.25, 0.3) is 0 Å². The molecule has 2 N–H and O–H groups in total. The quantitative estimate of drug-likeness (QED) is 0.809. The van der Waals surface area contributed by atoms with E-state index in [4.69, 9.17) is 18.9 Å². The second-order valence-electron chi connectivity index (χ2n) is 4.99. The second-order valence-corrected chi connectivity index (χ2v) is 4.99. The largest absolute Gasteiger partial charge is 0.492 e. The van der Waals surface area contributed by atoms with Crippen LogP contribution >= 0.6 is 0 Å². The monoisotopic (exact) mass is 334 g/mol. The van der Waals surface area contributed by atoms with E-state index in [-0.39, 0.29) is 13.2 Å². The van der Waals surface area contributed by atoms with E-state index in [0.29, 0.717) is 34.1 Å². The van der Waals surface area contributed by atoms with Crippen molar-refractivity contribution >= 4 is 0 Å². The number of ether oxygens (including phenoxy) is 4. The number of hydrogen-bond donors (Lipinski definition) is 2. The van der Waals surface area contributed by atoms with Crippen LogP contribution in [0.4, 0.5) is 0 Å². The van der Waals surface area contributed by atoms with E-state index >= 15 is 0 Å². The van der Waals surface area contributed by atoms with Crippen LogP contribution in [0.15, 0.2) is 24.3 Å². The van der Waals surface area contributed by atoms with Crippen molar-refractivity contribution in [1.29, 1.82) is 0 Å². The van der Waals surface area contributed by atoms with Gasteiger partial charge in [-0.3, -0.25) is 0 Å². The van der Waals surface area contributed by atoms with Crippen LogP contribution in [-0.4, -0.2) is 38.7 Å². The lowest BCUT2D eigenvalue weighted by molar-refractivity contribution is 0.269. The third kappa shape index (κ3) is 2.98. The molecule has 0 saturated heterocycles. The SMILES string of the molecule is COc1c(CO)ccc(-c2ccc(CO)c(OC)c2OC)c1OC. The molecule has 0 unspecified atom stereocenters. The van der Waals surface area contributed by atoms with Crippen LogP contribution in [0.3, 0.4) is 0 Å². The molecular weight excluding hydrogens is 312 g/mol. The highest BCUT2D eigenvalue weighted by atomic mass is 16.5. The van der Waals surface area contributed by atoms with Crippen LogP contribution in [0.5, 0.6) is 23.0 Å². The molecule has 2 rings (SSSR count). The van der Waals surface area contributed by atoms with Gasteiger partial charge in [-0.2, -0.15) is 0 Å². The molecule has 6 heteroatoms. The van der Waals surface area contributed by atoms with Crippen molar-refractivity contribution in [1.82, 2.24) is 0 Å². The summed E-state index contributed by atoms with van der Waals surface area (Å²) in [6.07, 6.45) is 0. The zero-order valence-corrected chi connectivity index (χ0v) is 14.3. The molecule has 0 fully saturated rings. The fourth-order valence-corrected chi connectivity index (χ4v) is 2.73. The van der Waals surface area contributed by atoms with Crippen LogP contribution in [0.2, 0.25) is 0 Å². The minimum Gasteiger partial charge on any atom is -0.492 e. The van der Waals surface area contributed by atoms with Gasteiger partial charge < -0.3 is 29.2 Å². The Hall–Kier alpha value is -2.44. The molecule has 0 aliphatic rings. The van der Waals surface area contributed by atoms with Crippen molar-refractivity contribution in [2.75, 3.05) is 28.4 Å². The van der Waals surface area contributed by atoms with Gasteiger partial charge in [-0.25, -0.2) is 0 Å². The molecule has 0 spiro atoms. The summed E-state index contributed by atoms with van der Waals surface area (Å²) in [5.41, 5.74) is 2.70. The van der Waals surface area contributed by atoms with Gasteiger partial charge >= 0.3 is 0 Å². The van der Waals surface area contributed by atoms with Crippen molar-refractivity contribution in [2.45, 2.75) is 13.2 Å². The van der Waals surface area contributed by atoms with Gasteiger partial charge in [0.15, 0.2) is 23.0 Å². The molecule has 0 atom stereocenters. The molecule has 2 aromatic rings. The molecule has 0 saturated carbocycles. The maximum Gasteiger partial charge on any atom is 0.169 e. The highest BCUT2D eigenvalue weighted by molar-refractivity contribution is 5.82. The van der Waals surface area contributed by atoms with Crippen LogP contribution in [0.25, 0.3) is 11.1 Å². The molecule has 0 bridgehead atoms. The summed E-state index contributed by atoms with van der Waals surface area (Å²) in [5.74, 6) is 1.90. The number of rotatable bonds is 7. The van der Waals surface area contributed by atoms with Crippen molar-refractivity contribution in [3.05, 3.63) is 35.4 Å². The molecule has 0 heterocycles. The van der Waals surface area contributed by atoms with Gasteiger partial charge in [0.2, 0.25) is 0 Å². The van der Waals surface area contributed by atoms with Crippen molar-refractivity contribution in [2.24, 2.45) is 0 Å². The molecule has 130 valence electrons. The first-order valence-corrected chi connectivity index (χ1v) is 7.36. The van der Waals surface area contributed by atoms with E-state index in [1.54, 1.807) is 12.1 Å². The summed E-state index contributed by atoms with van der Waals surface area (Å²) >= 11 is 0. The molecule has 0 aromatic heterocycles. The van der Waals surface area contributed by atoms with Crippen LogP contribution in [0.1, 0.15) is 11.1 Å². The first-order valence-electron chi connectivity index (χ1n) is 7.36. The molecule has 0 amide bonds. The van der Waals surface area contributed by atoms with Gasteiger partial charge in [-0.15, -0.1) is 0 Å². The van der Waals surface area contributed by atoms with Crippen LogP contribution in [-0.2, 0) is 13.2 Å². The number of methoxy groups -OCH3 is 4. The van der Waals surface area contributed by atoms with E-state index in [9.17, 15) is 10.2 Å². The van der Waals surface area contributed by atoms with E-state index in [1.165, 1.54) is 28.4 Å². The van der Waals surface area contributed by atoms with E-state index in [0.717, 1.165) is 11.1 Å². The average Bonchev–Trinajstić information content (AvgIpc) is 2.64. The standard InChI is InChI=1S/C18H22O6/c1-21-15-11(9-19)5-7-13(17(15)23-3)14-8-6-12(10-20)16(22-2)18(14)24-4/h5-8,19-20H,9-10H2,1-4H3. The Balaban J connectivity index is 2.77. The van der Waals surface area contributed by atoms with Gasteiger partial charge in [-0.1, -0.05) is 12.1 Å². The molecule has 0 aliphatic heterocycles. The Morgan fingerprint density at radius 2 is 0.917 bits per heavy atom. The summed E-state index contributed by atoms with van der Waals surface area (Å²) < 4.78 is 21.8. The molecule has 0 aliphatic carbocycles. The number of aliphatic hydroxyl groups excluding tert-OH is 2. The molecule has 2 aromatic carbocycles. The molecular formula is C18H22O6. The number of benzene rings is 2. The second kappa shape index (κ2) is 7.90. The normalized spacial score (nSPS) is 10.4. The van der Waals surface area contributed by atoms with Gasteiger partial charge in [0.1, 0.15) is 0 Å². The minimum absolute atomic E-state index is 0.163. The summed E-state index contributed by atoms with van der Waals surface area (Å²) in [6, 6.07) is 7.18. The summed E-state index contributed by atoms with van der Waals surface area (Å²) in [7, 11) is 6.11. The molecule has 0 radical (unpaired) electrons. The summed E-state index contributed by atoms with van der Waals surface area (Å²) in [5, 5.41) is 18.9. The first-order chi connectivity index (χ1) is 11.7.